The van der Waals surface area contributed by atoms with Gasteiger partial charge in [0.05, 0.1) is 19.1 Å². The maximum Gasteiger partial charge on any atom is 0.227 e. The molecule has 0 bridgehead atoms. The molecule has 0 aliphatic carbocycles. The van der Waals surface area contributed by atoms with Crippen molar-refractivity contribution in [3.8, 4) is 0 Å². The smallest absolute Gasteiger partial charge is 0.227 e. The van der Waals surface area contributed by atoms with Gasteiger partial charge in [-0.15, -0.1) is 0 Å². The number of likely N-dealkylation sites (tertiary alicyclic amines) is 1. The summed E-state index contributed by atoms with van der Waals surface area (Å²) in [5, 5.41) is 3.02. The third-order valence-corrected chi connectivity index (χ3v) is 3.75. The van der Waals surface area contributed by atoms with Crippen molar-refractivity contribution < 1.29 is 9.53 Å². The Labute approximate surface area is 103 Å². The van der Waals surface area contributed by atoms with Crippen LogP contribution in [0.5, 0.6) is 0 Å². The predicted molar refractivity (Wildman–Crippen MR) is 65.5 cm³/mol. The van der Waals surface area contributed by atoms with Crippen LogP contribution in [0.25, 0.3) is 0 Å². The highest BCUT2D eigenvalue weighted by atomic mass is 16.5. The molecule has 0 aromatic carbocycles. The Bertz CT molecular complexity index is 272. The molecule has 0 aromatic rings. The van der Waals surface area contributed by atoms with E-state index in [0.717, 1.165) is 13.1 Å². The largest absolute Gasteiger partial charge is 0.379 e. The third kappa shape index (κ3) is 3.40. The molecule has 2 aliphatic heterocycles. The summed E-state index contributed by atoms with van der Waals surface area (Å²) < 4.78 is 5.21. The topological polar surface area (TPSA) is 67.6 Å². The summed E-state index contributed by atoms with van der Waals surface area (Å²) in [6.07, 6.45) is 2.43. The van der Waals surface area contributed by atoms with Gasteiger partial charge in [-0.2, -0.15) is 0 Å². The Balaban J connectivity index is 1.72. The number of ether oxygens (including phenoxy) is 1. The second kappa shape index (κ2) is 5.80. The molecule has 5 heteroatoms. The average molecular weight is 241 g/mol. The molecule has 2 saturated heterocycles. The normalized spacial score (nSPS) is 34.8. The van der Waals surface area contributed by atoms with Crippen LogP contribution in [0.15, 0.2) is 0 Å². The molecule has 17 heavy (non-hydrogen) atoms. The average Bonchev–Trinajstić information content (AvgIpc) is 2.72. The number of nitrogens with two attached hydrogens (primary N) is 1. The number of carbonyl (C=O) groups is 1. The third-order valence-electron chi connectivity index (χ3n) is 3.75. The maximum absolute atomic E-state index is 11.9. The molecule has 0 radical (unpaired) electrons. The van der Waals surface area contributed by atoms with Crippen LogP contribution in [-0.4, -0.2) is 56.7 Å². The van der Waals surface area contributed by atoms with Gasteiger partial charge in [0.1, 0.15) is 0 Å². The number of nitrogens with one attached hydrogen (secondary N) is 1. The first-order chi connectivity index (χ1) is 8.16. The Morgan fingerprint density at radius 3 is 3.00 bits per heavy atom. The van der Waals surface area contributed by atoms with Gasteiger partial charge in [0, 0.05) is 19.1 Å². The fourth-order valence-electron chi connectivity index (χ4n) is 2.66. The summed E-state index contributed by atoms with van der Waals surface area (Å²) in [6, 6.07) is -0.135. The van der Waals surface area contributed by atoms with E-state index in [0.29, 0.717) is 19.1 Å². The SMILES string of the molecule is CN1CCCC(CNC(=O)C2COCC2N)C1. The minimum absolute atomic E-state index is 0.0585. The van der Waals surface area contributed by atoms with Crippen molar-refractivity contribution in [2.45, 2.75) is 18.9 Å². The fraction of sp³-hybridized carbons (Fsp3) is 0.917. The van der Waals surface area contributed by atoms with Crippen molar-refractivity contribution in [2.75, 3.05) is 39.9 Å². The summed E-state index contributed by atoms with van der Waals surface area (Å²) in [5.41, 5.74) is 5.82. The molecule has 2 fully saturated rings. The Hall–Kier alpha value is -0.650. The van der Waals surface area contributed by atoms with E-state index in [1.165, 1.54) is 19.4 Å². The Morgan fingerprint density at radius 2 is 2.35 bits per heavy atom. The van der Waals surface area contributed by atoms with E-state index >= 15 is 0 Å². The molecule has 5 nitrogen and oxygen atoms in total. The lowest BCUT2D eigenvalue weighted by molar-refractivity contribution is -0.125. The molecule has 3 atom stereocenters. The molecule has 2 heterocycles. The van der Waals surface area contributed by atoms with Gasteiger partial charge in [0.2, 0.25) is 5.91 Å². The van der Waals surface area contributed by atoms with Gasteiger partial charge in [-0.05, 0) is 32.4 Å². The van der Waals surface area contributed by atoms with Gasteiger partial charge in [0.25, 0.3) is 0 Å². The highest BCUT2D eigenvalue weighted by molar-refractivity contribution is 5.79. The van der Waals surface area contributed by atoms with Crippen molar-refractivity contribution >= 4 is 5.91 Å². The lowest BCUT2D eigenvalue weighted by Gasteiger charge is -2.30. The standard InChI is InChI=1S/C12H23N3O2/c1-15-4-2-3-9(6-15)5-14-12(16)10-7-17-8-11(10)13/h9-11H,2-8,13H2,1H3,(H,14,16). The summed E-state index contributed by atoms with van der Waals surface area (Å²) in [4.78, 5) is 14.2. The zero-order valence-electron chi connectivity index (χ0n) is 10.5. The van der Waals surface area contributed by atoms with Crippen molar-refractivity contribution in [1.82, 2.24) is 10.2 Å². The van der Waals surface area contributed by atoms with E-state index in [-0.39, 0.29) is 17.9 Å². The van der Waals surface area contributed by atoms with E-state index in [2.05, 4.69) is 17.3 Å². The second-order valence-corrected chi connectivity index (χ2v) is 5.32. The van der Waals surface area contributed by atoms with Gasteiger partial charge in [-0.25, -0.2) is 0 Å². The van der Waals surface area contributed by atoms with Crippen LogP contribution < -0.4 is 11.1 Å². The first-order valence-electron chi connectivity index (χ1n) is 6.46. The zero-order chi connectivity index (χ0) is 12.3. The predicted octanol–water partition coefficient (Wildman–Crippen LogP) is -0.582. The number of hydrogen-bond donors (Lipinski definition) is 2. The van der Waals surface area contributed by atoms with Crippen LogP contribution in [0, 0.1) is 11.8 Å². The van der Waals surface area contributed by atoms with Crippen LogP contribution in [-0.2, 0) is 9.53 Å². The van der Waals surface area contributed by atoms with E-state index in [1.54, 1.807) is 0 Å². The molecule has 98 valence electrons. The molecule has 1 amide bonds. The van der Waals surface area contributed by atoms with Crippen LogP contribution in [0.4, 0.5) is 0 Å². The highest BCUT2D eigenvalue weighted by Crippen LogP contribution is 2.15. The van der Waals surface area contributed by atoms with E-state index in [4.69, 9.17) is 10.5 Å². The summed E-state index contributed by atoms with van der Waals surface area (Å²) >= 11 is 0. The maximum atomic E-state index is 11.9. The van der Waals surface area contributed by atoms with Gasteiger partial charge in [-0.1, -0.05) is 0 Å². The van der Waals surface area contributed by atoms with Gasteiger partial charge < -0.3 is 20.7 Å². The number of carbonyl (C=O) groups excluding carboxylic acids is 1. The summed E-state index contributed by atoms with van der Waals surface area (Å²) in [6.45, 7) is 3.99. The number of amides is 1. The summed E-state index contributed by atoms with van der Waals surface area (Å²) in [5.74, 6) is 0.482. The molecule has 0 saturated carbocycles. The monoisotopic (exact) mass is 241 g/mol. The minimum atomic E-state index is -0.156. The number of piperidine rings is 1. The van der Waals surface area contributed by atoms with Crippen molar-refractivity contribution in [3.05, 3.63) is 0 Å². The molecule has 2 aliphatic rings. The lowest BCUT2D eigenvalue weighted by atomic mass is 9.97. The van der Waals surface area contributed by atoms with Crippen LogP contribution in [0.3, 0.4) is 0 Å². The number of nitrogens with zero attached hydrogens (tertiary/aromatic N) is 1. The van der Waals surface area contributed by atoms with Crippen LogP contribution >= 0.6 is 0 Å². The molecule has 2 rings (SSSR count). The first kappa shape index (κ1) is 12.8. The summed E-state index contributed by atoms with van der Waals surface area (Å²) in [7, 11) is 2.13. The molecular weight excluding hydrogens is 218 g/mol. The van der Waals surface area contributed by atoms with Gasteiger partial charge in [0.15, 0.2) is 0 Å². The Morgan fingerprint density at radius 1 is 1.53 bits per heavy atom. The van der Waals surface area contributed by atoms with Gasteiger partial charge in [-0.3, -0.25) is 4.79 Å². The molecule has 0 spiro atoms. The molecule has 3 unspecified atom stereocenters. The molecular formula is C12H23N3O2. The highest BCUT2D eigenvalue weighted by Gasteiger charge is 2.31. The molecule has 3 N–H and O–H groups in total. The molecule has 0 aromatic heterocycles. The Kier molecular flexibility index (Phi) is 4.36. The van der Waals surface area contributed by atoms with Gasteiger partial charge >= 0.3 is 0 Å². The number of hydrogen-bond acceptors (Lipinski definition) is 4. The lowest BCUT2D eigenvalue weighted by Crippen LogP contribution is -2.44. The van der Waals surface area contributed by atoms with Crippen molar-refractivity contribution in [2.24, 2.45) is 17.6 Å². The van der Waals surface area contributed by atoms with E-state index in [1.807, 2.05) is 0 Å². The minimum Gasteiger partial charge on any atom is -0.379 e. The number of rotatable bonds is 3. The van der Waals surface area contributed by atoms with Crippen LogP contribution in [0.1, 0.15) is 12.8 Å². The van der Waals surface area contributed by atoms with Crippen molar-refractivity contribution in [3.63, 3.8) is 0 Å². The first-order valence-corrected chi connectivity index (χ1v) is 6.46. The zero-order valence-corrected chi connectivity index (χ0v) is 10.5. The van der Waals surface area contributed by atoms with E-state index < -0.39 is 0 Å². The van der Waals surface area contributed by atoms with Crippen LogP contribution in [0.2, 0.25) is 0 Å². The second-order valence-electron chi connectivity index (χ2n) is 5.32. The fourth-order valence-corrected chi connectivity index (χ4v) is 2.66. The van der Waals surface area contributed by atoms with Crippen molar-refractivity contribution in [1.29, 1.82) is 0 Å². The van der Waals surface area contributed by atoms with E-state index in [9.17, 15) is 4.79 Å². The quantitative estimate of drug-likeness (QED) is 0.693.